The van der Waals surface area contributed by atoms with Gasteiger partial charge < -0.3 is 24.7 Å². The molecule has 0 atom stereocenters. The fourth-order valence-electron chi connectivity index (χ4n) is 3.43. The molecule has 2 aromatic carbocycles. The van der Waals surface area contributed by atoms with E-state index in [-0.39, 0.29) is 0 Å². The zero-order chi connectivity index (χ0) is 20.8. The second-order valence-corrected chi connectivity index (χ2v) is 7.21. The number of aromatic nitrogens is 2. The predicted octanol–water partition coefficient (Wildman–Crippen LogP) is 2.88. The molecule has 0 spiro atoms. The van der Waals surface area contributed by atoms with Gasteiger partial charge in [-0.1, -0.05) is 30.3 Å². The molecule has 156 valence electrons. The molecule has 0 bridgehead atoms. The predicted molar refractivity (Wildman–Crippen MR) is 117 cm³/mol. The van der Waals surface area contributed by atoms with Crippen LogP contribution in [0.1, 0.15) is 22.5 Å². The van der Waals surface area contributed by atoms with Crippen molar-refractivity contribution in [3.05, 3.63) is 77.4 Å². The number of imidazole rings is 1. The van der Waals surface area contributed by atoms with E-state index in [1.165, 1.54) is 16.7 Å². The molecule has 1 aliphatic heterocycles. The average molecular weight is 406 g/mol. The third-order valence-corrected chi connectivity index (χ3v) is 5.09. The van der Waals surface area contributed by atoms with Crippen molar-refractivity contribution in [3.8, 4) is 11.5 Å². The quantitative estimate of drug-likeness (QED) is 0.467. The maximum absolute atomic E-state index is 5.44. The van der Waals surface area contributed by atoms with E-state index in [2.05, 4.69) is 55.5 Å². The third-order valence-electron chi connectivity index (χ3n) is 5.09. The molecule has 0 fully saturated rings. The van der Waals surface area contributed by atoms with Gasteiger partial charge in [0.05, 0.1) is 0 Å². The Labute approximate surface area is 176 Å². The minimum absolute atomic E-state index is 0.302. The van der Waals surface area contributed by atoms with Crippen molar-refractivity contribution in [2.24, 2.45) is 4.99 Å². The summed E-state index contributed by atoms with van der Waals surface area (Å²) in [6, 6.07) is 14.6. The summed E-state index contributed by atoms with van der Waals surface area (Å²) in [4.78, 5) is 8.61. The fourth-order valence-corrected chi connectivity index (χ4v) is 3.43. The summed E-state index contributed by atoms with van der Waals surface area (Å²) in [5.74, 6) is 3.44. The molecule has 3 aromatic rings. The van der Waals surface area contributed by atoms with E-state index in [4.69, 9.17) is 9.47 Å². The number of nitrogens with one attached hydrogen (secondary N) is 2. The first kappa shape index (κ1) is 19.8. The molecular weight excluding hydrogens is 378 g/mol. The molecule has 1 aliphatic rings. The Morgan fingerprint density at radius 3 is 2.77 bits per heavy atom. The van der Waals surface area contributed by atoms with Crippen LogP contribution in [-0.2, 0) is 19.5 Å². The maximum Gasteiger partial charge on any atom is 0.231 e. The third kappa shape index (κ3) is 4.92. The summed E-state index contributed by atoms with van der Waals surface area (Å²) < 4.78 is 12.9. The molecule has 7 heteroatoms. The number of benzene rings is 2. The van der Waals surface area contributed by atoms with Crippen molar-refractivity contribution < 1.29 is 9.47 Å². The Morgan fingerprint density at radius 1 is 1.07 bits per heavy atom. The van der Waals surface area contributed by atoms with E-state index >= 15 is 0 Å². The van der Waals surface area contributed by atoms with Crippen molar-refractivity contribution >= 4 is 5.96 Å². The number of guanidine groups is 1. The van der Waals surface area contributed by atoms with Crippen LogP contribution in [0.2, 0.25) is 0 Å². The van der Waals surface area contributed by atoms with Gasteiger partial charge in [0.15, 0.2) is 17.5 Å². The molecule has 0 amide bonds. The highest BCUT2D eigenvalue weighted by Crippen LogP contribution is 2.32. The van der Waals surface area contributed by atoms with Crippen LogP contribution >= 0.6 is 0 Å². The Hall–Kier alpha value is -3.48. The van der Waals surface area contributed by atoms with Crippen LogP contribution in [0.15, 0.2) is 59.9 Å². The van der Waals surface area contributed by atoms with Crippen LogP contribution in [-0.4, -0.2) is 35.9 Å². The molecular formula is C23H27N5O2. The van der Waals surface area contributed by atoms with Crippen LogP contribution in [0.3, 0.4) is 0 Å². The number of aryl methyl sites for hydroxylation is 1. The first-order valence-corrected chi connectivity index (χ1v) is 10.1. The van der Waals surface area contributed by atoms with Gasteiger partial charge in [-0.15, -0.1) is 0 Å². The minimum atomic E-state index is 0.302. The van der Waals surface area contributed by atoms with Crippen molar-refractivity contribution in [2.75, 3.05) is 20.4 Å². The summed E-state index contributed by atoms with van der Waals surface area (Å²) in [6.45, 7) is 4.63. The van der Waals surface area contributed by atoms with Crippen LogP contribution < -0.4 is 20.1 Å². The van der Waals surface area contributed by atoms with E-state index in [0.29, 0.717) is 13.3 Å². The average Bonchev–Trinajstić information content (AvgIpc) is 3.39. The number of hydrogen-bond acceptors (Lipinski definition) is 4. The molecule has 0 saturated carbocycles. The molecule has 0 aliphatic carbocycles. The zero-order valence-electron chi connectivity index (χ0n) is 17.4. The summed E-state index contributed by atoms with van der Waals surface area (Å²) in [7, 11) is 1.79. The van der Waals surface area contributed by atoms with Crippen LogP contribution in [0.5, 0.6) is 11.5 Å². The van der Waals surface area contributed by atoms with Crippen LogP contribution in [0, 0.1) is 6.92 Å². The SMILES string of the molecule is CN=C(NCCc1ccc2c(c1)OCO2)NCc1cccc(Cn2ccnc2C)c1. The lowest BCUT2D eigenvalue weighted by Crippen LogP contribution is -2.37. The standard InChI is InChI=1S/C23H27N5O2/c1-17-25-10-11-28(17)15-20-5-3-4-19(12-20)14-27-23(24-2)26-9-8-18-6-7-21-22(13-18)30-16-29-21/h3-7,10-13H,8-9,14-16H2,1-2H3,(H2,24,26,27). The maximum atomic E-state index is 5.44. The van der Waals surface area contributed by atoms with E-state index < -0.39 is 0 Å². The Morgan fingerprint density at radius 2 is 1.93 bits per heavy atom. The second-order valence-electron chi connectivity index (χ2n) is 7.21. The number of nitrogens with zero attached hydrogens (tertiary/aromatic N) is 3. The molecule has 2 N–H and O–H groups in total. The van der Waals surface area contributed by atoms with Crippen molar-refractivity contribution in [2.45, 2.75) is 26.4 Å². The molecule has 0 radical (unpaired) electrons. The molecule has 2 heterocycles. The number of hydrogen-bond donors (Lipinski definition) is 2. The topological polar surface area (TPSA) is 72.7 Å². The Bertz CT molecular complexity index is 1030. The Balaban J connectivity index is 1.26. The van der Waals surface area contributed by atoms with Gasteiger partial charge in [-0.2, -0.15) is 0 Å². The first-order valence-electron chi connectivity index (χ1n) is 10.1. The highest BCUT2D eigenvalue weighted by molar-refractivity contribution is 5.79. The normalized spacial score (nSPS) is 12.8. The highest BCUT2D eigenvalue weighted by atomic mass is 16.7. The molecule has 0 unspecified atom stereocenters. The smallest absolute Gasteiger partial charge is 0.231 e. The number of rotatable bonds is 7. The first-order chi connectivity index (χ1) is 14.7. The summed E-state index contributed by atoms with van der Waals surface area (Å²) in [5, 5.41) is 6.75. The monoisotopic (exact) mass is 405 g/mol. The lowest BCUT2D eigenvalue weighted by molar-refractivity contribution is 0.174. The molecule has 30 heavy (non-hydrogen) atoms. The van der Waals surface area contributed by atoms with Crippen molar-refractivity contribution in [1.82, 2.24) is 20.2 Å². The number of aliphatic imine (C=N–C) groups is 1. The molecule has 1 aromatic heterocycles. The van der Waals surface area contributed by atoms with Crippen molar-refractivity contribution in [1.29, 1.82) is 0 Å². The Kier molecular flexibility index (Phi) is 6.17. The van der Waals surface area contributed by atoms with Gasteiger partial charge in [0, 0.05) is 39.1 Å². The molecule has 7 nitrogen and oxygen atoms in total. The van der Waals surface area contributed by atoms with Gasteiger partial charge in [-0.3, -0.25) is 4.99 Å². The zero-order valence-corrected chi connectivity index (χ0v) is 17.4. The highest BCUT2D eigenvalue weighted by Gasteiger charge is 2.13. The van der Waals surface area contributed by atoms with Crippen molar-refractivity contribution in [3.63, 3.8) is 0 Å². The van der Waals surface area contributed by atoms with E-state index in [0.717, 1.165) is 42.8 Å². The lowest BCUT2D eigenvalue weighted by Gasteiger charge is -2.13. The summed E-state index contributed by atoms with van der Waals surface area (Å²) in [5.41, 5.74) is 3.66. The minimum Gasteiger partial charge on any atom is -0.454 e. The molecule has 0 saturated heterocycles. The van der Waals surface area contributed by atoms with Gasteiger partial charge in [0.2, 0.25) is 6.79 Å². The van der Waals surface area contributed by atoms with Gasteiger partial charge >= 0.3 is 0 Å². The van der Waals surface area contributed by atoms with Gasteiger partial charge in [0.25, 0.3) is 0 Å². The number of ether oxygens (including phenoxy) is 2. The van der Waals surface area contributed by atoms with E-state index in [1.807, 2.05) is 31.5 Å². The summed E-state index contributed by atoms with van der Waals surface area (Å²) >= 11 is 0. The van der Waals surface area contributed by atoms with Gasteiger partial charge in [0.1, 0.15) is 5.82 Å². The van der Waals surface area contributed by atoms with Crippen LogP contribution in [0.4, 0.5) is 0 Å². The van der Waals surface area contributed by atoms with E-state index in [9.17, 15) is 0 Å². The second kappa shape index (κ2) is 9.35. The van der Waals surface area contributed by atoms with E-state index in [1.54, 1.807) is 7.05 Å². The fraction of sp³-hybridized carbons (Fsp3) is 0.304. The largest absolute Gasteiger partial charge is 0.454 e. The number of fused-ring (bicyclic) bond motifs is 1. The van der Waals surface area contributed by atoms with Gasteiger partial charge in [-0.25, -0.2) is 4.98 Å². The lowest BCUT2D eigenvalue weighted by atomic mass is 10.1. The van der Waals surface area contributed by atoms with Gasteiger partial charge in [-0.05, 0) is 42.2 Å². The summed E-state index contributed by atoms with van der Waals surface area (Å²) in [6.07, 6.45) is 4.71. The van der Waals surface area contributed by atoms with Crippen LogP contribution in [0.25, 0.3) is 0 Å². The molecule has 4 rings (SSSR count).